The minimum atomic E-state index is -0.996. The molecule has 0 aliphatic heterocycles. The van der Waals surface area contributed by atoms with Gasteiger partial charge >= 0.3 is 0 Å². The van der Waals surface area contributed by atoms with Gasteiger partial charge in [0.1, 0.15) is 0 Å². The summed E-state index contributed by atoms with van der Waals surface area (Å²) in [4.78, 5) is 11.7. The number of aliphatic hydroxyl groups excluding tert-OH is 2. The fourth-order valence-electron chi connectivity index (χ4n) is 1.89. The molecule has 20 heavy (non-hydrogen) atoms. The Morgan fingerprint density at radius 2 is 1.75 bits per heavy atom. The molecule has 2 atom stereocenters. The molecule has 0 radical (unpaired) electrons. The molecule has 0 bridgehead atoms. The molecule has 0 spiro atoms. The topological polar surface area (TPSA) is 69.6 Å². The first-order chi connectivity index (χ1) is 9.49. The van der Waals surface area contributed by atoms with E-state index in [0.29, 0.717) is 18.9 Å². The van der Waals surface area contributed by atoms with Crippen LogP contribution < -0.4 is 5.32 Å². The molecule has 3 N–H and O–H groups in total. The van der Waals surface area contributed by atoms with E-state index in [2.05, 4.69) is 19.2 Å². The molecule has 0 fully saturated rings. The number of hydrogen-bond acceptors (Lipinski definition) is 3. The van der Waals surface area contributed by atoms with E-state index in [1.54, 1.807) is 0 Å². The SMILES string of the molecule is CC(C)CC[C@@H](O)[C@H](O)CC(=O)NCc1ccccc1. The third-order valence-electron chi connectivity index (χ3n) is 3.21. The molecule has 0 aromatic heterocycles. The van der Waals surface area contributed by atoms with Gasteiger partial charge in [-0.1, -0.05) is 44.2 Å². The molecule has 0 unspecified atom stereocenters. The van der Waals surface area contributed by atoms with Crippen molar-refractivity contribution in [3.05, 3.63) is 35.9 Å². The summed E-state index contributed by atoms with van der Waals surface area (Å²) in [5, 5.41) is 22.3. The summed E-state index contributed by atoms with van der Waals surface area (Å²) < 4.78 is 0. The van der Waals surface area contributed by atoms with Gasteiger partial charge in [-0.05, 0) is 24.3 Å². The van der Waals surface area contributed by atoms with Gasteiger partial charge in [0.2, 0.25) is 5.91 Å². The maximum atomic E-state index is 11.7. The lowest BCUT2D eigenvalue weighted by Crippen LogP contribution is -2.33. The van der Waals surface area contributed by atoms with Crippen LogP contribution in [0.25, 0.3) is 0 Å². The van der Waals surface area contributed by atoms with Crippen LogP contribution in [0.4, 0.5) is 0 Å². The highest BCUT2D eigenvalue weighted by molar-refractivity contribution is 5.76. The number of rotatable bonds is 8. The summed E-state index contributed by atoms with van der Waals surface area (Å²) in [7, 11) is 0. The number of aliphatic hydroxyl groups is 2. The summed E-state index contributed by atoms with van der Waals surface area (Å²) in [5.74, 6) is 0.230. The van der Waals surface area contributed by atoms with Gasteiger partial charge in [-0.15, -0.1) is 0 Å². The highest BCUT2D eigenvalue weighted by Crippen LogP contribution is 2.11. The summed E-state index contributed by atoms with van der Waals surface area (Å²) in [6, 6.07) is 9.58. The Morgan fingerprint density at radius 1 is 1.10 bits per heavy atom. The van der Waals surface area contributed by atoms with Crippen LogP contribution in [0.15, 0.2) is 30.3 Å². The molecule has 112 valence electrons. The predicted molar refractivity (Wildman–Crippen MR) is 79.0 cm³/mol. The summed E-state index contributed by atoms with van der Waals surface area (Å²) >= 11 is 0. The van der Waals surface area contributed by atoms with Crippen molar-refractivity contribution in [3.8, 4) is 0 Å². The van der Waals surface area contributed by atoms with Crippen molar-refractivity contribution in [2.75, 3.05) is 0 Å². The number of amides is 1. The van der Waals surface area contributed by atoms with Gasteiger partial charge in [0, 0.05) is 6.54 Å². The Bertz CT molecular complexity index is 392. The zero-order valence-electron chi connectivity index (χ0n) is 12.2. The third kappa shape index (κ3) is 6.68. The van der Waals surface area contributed by atoms with Crippen LogP contribution in [0.5, 0.6) is 0 Å². The van der Waals surface area contributed by atoms with E-state index in [1.165, 1.54) is 0 Å². The highest BCUT2D eigenvalue weighted by atomic mass is 16.3. The highest BCUT2D eigenvalue weighted by Gasteiger charge is 2.19. The van der Waals surface area contributed by atoms with Crippen molar-refractivity contribution >= 4 is 5.91 Å². The number of hydrogen-bond donors (Lipinski definition) is 3. The number of carbonyl (C=O) groups is 1. The molecule has 1 amide bonds. The molecule has 0 saturated heterocycles. The molecular weight excluding hydrogens is 254 g/mol. The van der Waals surface area contributed by atoms with Gasteiger partial charge in [-0.25, -0.2) is 0 Å². The molecule has 0 aliphatic carbocycles. The number of benzene rings is 1. The summed E-state index contributed by atoms with van der Waals surface area (Å²) in [5.41, 5.74) is 1.01. The molecule has 4 nitrogen and oxygen atoms in total. The van der Waals surface area contributed by atoms with E-state index in [1.807, 2.05) is 30.3 Å². The van der Waals surface area contributed by atoms with E-state index in [9.17, 15) is 15.0 Å². The van der Waals surface area contributed by atoms with Crippen molar-refractivity contribution in [3.63, 3.8) is 0 Å². The van der Waals surface area contributed by atoms with E-state index in [-0.39, 0.29) is 12.3 Å². The van der Waals surface area contributed by atoms with E-state index < -0.39 is 12.2 Å². The monoisotopic (exact) mass is 279 g/mol. The first kappa shape index (κ1) is 16.7. The third-order valence-corrected chi connectivity index (χ3v) is 3.21. The largest absolute Gasteiger partial charge is 0.390 e. The Morgan fingerprint density at radius 3 is 2.35 bits per heavy atom. The minimum Gasteiger partial charge on any atom is -0.390 e. The Balaban J connectivity index is 2.27. The predicted octanol–water partition coefficient (Wildman–Crippen LogP) is 1.85. The number of carbonyl (C=O) groups excluding carboxylic acids is 1. The smallest absolute Gasteiger partial charge is 0.222 e. The lowest BCUT2D eigenvalue weighted by atomic mass is 10.00. The van der Waals surface area contributed by atoms with Crippen molar-refractivity contribution < 1.29 is 15.0 Å². The fourth-order valence-corrected chi connectivity index (χ4v) is 1.89. The second kappa shape index (κ2) is 8.72. The van der Waals surface area contributed by atoms with E-state index in [4.69, 9.17) is 0 Å². The average molecular weight is 279 g/mol. The fraction of sp³-hybridized carbons (Fsp3) is 0.562. The molecule has 0 aliphatic rings. The van der Waals surface area contributed by atoms with E-state index >= 15 is 0 Å². The molecule has 1 aromatic rings. The number of nitrogens with one attached hydrogen (secondary N) is 1. The van der Waals surface area contributed by atoms with Crippen LogP contribution in [0.1, 0.15) is 38.7 Å². The van der Waals surface area contributed by atoms with Gasteiger partial charge in [0.25, 0.3) is 0 Å². The minimum absolute atomic E-state index is 0.0634. The Labute approximate surface area is 120 Å². The van der Waals surface area contributed by atoms with Crippen LogP contribution in [-0.2, 0) is 11.3 Å². The second-order valence-corrected chi connectivity index (χ2v) is 5.57. The molecule has 0 heterocycles. The maximum Gasteiger partial charge on any atom is 0.222 e. The van der Waals surface area contributed by atoms with Crippen molar-refractivity contribution in [2.45, 2.75) is 51.9 Å². The van der Waals surface area contributed by atoms with Gasteiger partial charge < -0.3 is 15.5 Å². The van der Waals surface area contributed by atoms with Crippen LogP contribution in [-0.4, -0.2) is 28.3 Å². The van der Waals surface area contributed by atoms with Crippen molar-refractivity contribution in [1.29, 1.82) is 0 Å². The van der Waals surface area contributed by atoms with Crippen LogP contribution >= 0.6 is 0 Å². The lowest BCUT2D eigenvalue weighted by Gasteiger charge is -2.18. The average Bonchev–Trinajstić information content (AvgIpc) is 2.43. The quantitative estimate of drug-likeness (QED) is 0.680. The molecular formula is C16H25NO3. The standard InChI is InChI=1S/C16H25NO3/c1-12(2)8-9-14(18)15(19)10-16(20)17-11-13-6-4-3-5-7-13/h3-7,12,14-15,18-19H,8-11H2,1-2H3,(H,17,20)/t14-,15-/m1/s1. The second-order valence-electron chi connectivity index (χ2n) is 5.57. The van der Waals surface area contributed by atoms with Gasteiger partial charge in [0.15, 0.2) is 0 Å². The van der Waals surface area contributed by atoms with Crippen LogP contribution in [0, 0.1) is 5.92 Å². The maximum absolute atomic E-state index is 11.7. The van der Waals surface area contributed by atoms with E-state index in [0.717, 1.165) is 12.0 Å². The van der Waals surface area contributed by atoms with Gasteiger partial charge in [0.05, 0.1) is 18.6 Å². The zero-order valence-corrected chi connectivity index (χ0v) is 12.2. The first-order valence-corrected chi connectivity index (χ1v) is 7.15. The molecule has 1 aromatic carbocycles. The molecule has 1 rings (SSSR count). The molecule has 4 heteroatoms. The first-order valence-electron chi connectivity index (χ1n) is 7.15. The summed E-state index contributed by atoms with van der Waals surface area (Å²) in [6.45, 7) is 4.56. The van der Waals surface area contributed by atoms with Gasteiger partial charge in [-0.3, -0.25) is 4.79 Å². The van der Waals surface area contributed by atoms with Crippen molar-refractivity contribution in [2.24, 2.45) is 5.92 Å². The zero-order chi connectivity index (χ0) is 15.0. The Kier molecular flexibility index (Phi) is 7.26. The Hall–Kier alpha value is -1.39. The normalized spacial score (nSPS) is 14.1. The lowest BCUT2D eigenvalue weighted by molar-refractivity contribution is -0.125. The van der Waals surface area contributed by atoms with Crippen molar-refractivity contribution in [1.82, 2.24) is 5.32 Å². The van der Waals surface area contributed by atoms with Gasteiger partial charge in [-0.2, -0.15) is 0 Å². The van der Waals surface area contributed by atoms with Crippen LogP contribution in [0.3, 0.4) is 0 Å². The molecule has 0 saturated carbocycles. The summed E-state index contributed by atoms with van der Waals surface area (Å²) in [6.07, 6.45) is -0.537. The van der Waals surface area contributed by atoms with Crippen LogP contribution in [0.2, 0.25) is 0 Å².